The molecule has 1 aromatic carbocycles. The number of hydrogen-bond donors (Lipinski definition) is 1. The number of fused-ring (bicyclic) bond motifs is 2. The predicted molar refractivity (Wildman–Crippen MR) is 84.2 cm³/mol. The lowest BCUT2D eigenvalue weighted by Crippen LogP contribution is -2.37. The van der Waals surface area contributed by atoms with E-state index in [4.69, 9.17) is 4.74 Å². The molecule has 1 aliphatic heterocycles. The summed E-state index contributed by atoms with van der Waals surface area (Å²) < 4.78 is 7.72. The normalized spacial score (nSPS) is 16.5. The Morgan fingerprint density at radius 2 is 2.36 bits per heavy atom. The van der Waals surface area contributed by atoms with Gasteiger partial charge in [-0.05, 0) is 18.6 Å². The second-order valence-electron chi connectivity index (χ2n) is 5.40. The maximum absolute atomic E-state index is 12.2. The molecule has 22 heavy (non-hydrogen) atoms. The third kappa shape index (κ3) is 2.25. The van der Waals surface area contributed by atoms with E-state index in [1.165, 1.54) is 0 Å². The van der Waals surface area contributed by atoms with E-state index in [1.807, 2.05) is 41.8 Å². The number of nitrogens with zero attached hydrogens (tertiary/aromatic N) is 2. The molecule has 0 saturated carbocycles. The Hall–Kier alpha value is -2.34. The molecule has 6 heteroatoms. The van der Waals surface area contributed by atoms with Crippen molar-refractivity contribution in [2.75, 3.05) is 0 Å². The number of nitrogens with one attached hydrogen (secondary N) is 1. The van der Waals surface area contributed by atoms with Crippen LogP contribution < -0.4 is 10.1 Å². The second kappa shape index (κ2) is 5.14. The molecule has 0 radical (unpaired) electrons. The van der Waals surface area contributed by atoms with E-state index in [-0.39, 0.29) is 5.91 Å². The number of rotatable bonds is 3. The summed E-state index contributed by atoms with van der Waals surface area (Å²) in [5.41, 5.74) is 3.10. The van der Waals surface area contributed by atoms with Crippen molar-refractivity contribution in [2.24, 2.45) is 0 Å². The molecule has 0 fully saturated rings. The molecule has 1 atom stereocenters. The molecule has 4 rings (SSSR count). The summed E-state index contributed by atoms with van der Waals surface area (Å²) in [6, 6.07) is 7.77. The van der Waals surface area contributed by atoms with Crippen molar-refractivity contribution in [2.45, 2.75) is 26.0 Å². The van der Waals surface area contributed by atoms with E-state index in [0.29, 0.717) is 13.0 Å². The van der Waals surface area contributed by atoms with Gasteiger partial charge in [0, 0.05) is 23.7 Å². The van der Waals surface area contributed by atoms with Gasteiger partial charge in [0.2, 0.25) is 0 Å². The number of thiazole rings is 1. The smallest absolute Gasteiger partial charge is 0.261 e. The zero-order valence-corrected chi connectivity index (χ0v) is 12.9. The van der Waals surface area contributed by atoms with E-state index < -0.39 is 6.10 Å². The molecule has 0 spiro atoms. The predicted octanol–water partition coefficient (Wildman–Crippen LogP) is 2.32. The highest BCUT2D eigenvalue weighted by Crippen LogP contribution is 2.28. The van der Waals surface area contributed by atoms with Gasteiger partial charge in [0.1, 0.15) is 5.75 Å². The highest BCUT2D eigenvalue weighted by Gasteiger charge is 2.28. The van der Waals surface area contributed by atoms with Crippen LogP contribution in [0.3, 0.4) is 0 Å². The molecule has 0 unspecified atom stereocenters. The summed E-state index contributed by atoms with van der Waals surface area (Å²) in [6.07, 6.45) is 2.15. The first-order valence-electron chi connectivity index (χ1n) is 7.15. The van der Waals surface area contributed by atoms with E-state index in [1.54, 1.807) is 11.3 Å². The van der Waals surface area contributed by atoms with Crippen molar-refractivity contribution >= 4 is 22.2 Å². The fourth-order valence-corrected chi connectivity index (χ4v) is 3.52. The minimum Gasteiger partial charge on any atom is -0.480 e. The Morgan fingerprint density at radius 1 is 1.50 bits per heavy atom. The lowest BCUT2D eigenvalue weighted by Gasteiger charge is -2.10. The summed E-state index contributed by atoms with van der Waals surface area (Å²) in [5, 5.41) is 4.97. The summed E-state index contributed by atoms with van der Waals surface area (Å²) in [6.45, 7) is 2.46. The zero-order valence-electron chi connectivity index (χ0n) is 12.1. The topological polar surface area (TPSA) is 55.6 Å². The number of aromatic nitrogens is 2. The SMILES string of the molecule is Cc1csc2nc(CNC(=O)[C@@H]3Cc4ccccc4O3)cn12. The van der Waals surface area contributed by atoms with Gasteiger partial charge in [-0.15, -0.1) is 11.3 Å². The number of hydrogen-bond acceptors (Lipinski definition) is 4. The standard InChI is InChI=1S/C16H15N3O2S/c1-10-9-22-16-18-12(8-19(10)16)7-17-15(20)14-6-11-4-2-3-5-13(11)21-14/h2-5,8-9,14H,6-7H2,1H3,(H,17,20)/t14-/m0/s1. The summed E-state index contributed by atoms with van der Waals surface area (Å²) >= 11 is 1.60. The molecule has 3 heterocycles. The number of amides is 1. The average Bonchev–Trinajstić information content (AvgIpc) is 3.20. The van der Waals surface area contributed by atoms with E-state index in [0.717, 1.165) is 27.7 Å². The molecule has 1 aliphatic rings. The van der Waals surface area contributed by atoms with Gasteiger partial charge in [0.15, 0.2) is 11.1 Å². The van der Waals surface area contributed by atoms with Crippen LogP contribution in [-0.2, 0) is 17.8 Å². The van der Waals surface area contributed by atoms with Gasteiger partial charge in [0.05, 0.1) is 12.2 Å². The number of benzene rings is 1. The van der Waals surface area contributed by atoms with Gasteiger partial charge < -0.3 is 10.1 Å². The number of ether oxygens (including phenoxy) is 1. The van der Waals surface area contributed by atoms with Crippen LogP contribution in [0.25, 0.3) is 4.96 Å². The monoisotopic (exact) mass is 313 g/mol. The number of aryl methyl sites for hydroxylation is 1. The summed E-state index contributed by atoms with van der Waals surface area (Å²) in [4.78, 5) is 17.7. The summed E-state index contributed by atoms with van der Waals surface area (Å²) in [5.74, 6) is 0.713. The first-order valence-corrected chi connectivity index (χ1v) is 8.03. The Balaban J connectivity index is 1.41. The number of imidazole rings is 1. The molecule has 2 aromatic heterocycles. The van der Waals surface area contributed by atoms with Crippen molar-refractivity contribution in [3.8, 4) is 5.75 Å². The Bertz CT molecular complexity index is 827. The van der Waals surface area contributed by atoms with Crippen LogP contribution in [0, 0.1) is 6.92 Å². The Morgan fingerprint density at radius 3 is 3.18 bits per heavy atom. The van der Waals surface area contributed by atoms with Gasteiger partial charge in [0.25, 0.3) is 5.91 Å². The molecule has 0 saturated heterocycles. The highest BCUT2D eigenvalue weighted by molar-refractivity contribution is 7.15. The lowest BCUT2D eigenvalue weighted by atomic mass is 10.1. The Labute approximate surface area is 131 Å². The zero-order chi connectivity index (χ0) is 15.1. The first-order chi connectivity index (χ1) is 10.7. The molecule has 112 valence electrons. The van der Waals surface area contributed by atoms with Gasteiger partial charge in [-0.25, -0.2) is 4.98 Å². The van der Waals surface area contributed by atoms with Crippen LogP contribution in [0.5, 0.6) is 5.75 Å². The van der Waals surface area contributed by atoms with Gasteiger partial charge >= 0.3 is 0 Å². The van der Waals surface area contributed by atoms with Crippen molar-refractivity contribution in [1.29, 1.82) is 0 Å². The van der Waals surface area contributed by atoms with Crippen LogP contribution in [0.4, 0.5) is 0 Å². The number of para-hydroxylation sites is 1. The van der Waals surface area contributed by atoms with Crippen LogP contribution >= 0.6 is 11.3 Å². The number of carbonyl (C=O) groups is 1. The Kier molecular flexibility index (Phi) is 3.11. The maximum Gasteiger partial charge on any atom is 0.261 e. The quantitative estimate of drug-likeness (QED) is 0.807. The minimum absolute atomic E-state index is 0.0933. The lowest BCUT2D eigenvalue weighted by molar-refractivity contribution is -0.127. The number of carbonyl (C=O) groups excluding carboxylic acids is 1. The second-order valence-corrected chi connectivity index (χ2v) is 6.23. The van der Waals surface area contributed by atoms with E-state index in [9.17, 15) is 4.79 Å². The van der Waals surface area contributed by atoms with Crippen LogP contribution in [-0.4, -0.2) is 21.4 Å². The van der Waals surface area contributed by atoms with E-state index >= 15 is 0 Å². The largest absolute Gasteiger partial charge is 0.480 e. The average molecular weight is 313 g/mol. The van der Waals surface area contributed by atoms with Crippen molar-refractivity contribution in [3.63, 3.8) is 0 Å². The molecule has 1 N–H and O–H groups in total. The van der Waals surface area contributed by atoms with Crippen molar-refractivity contribution in [3.05, 3.63) is 52.8 Å². The van der Waals surface area contributed by atoms with Crippen molar-refractivity contribution in [1.82, 2.24) is 14.7 Å². The van der Waals surface area contributed by atoms with Gasteiger partial charge in [-0.2, -0.15) is 0 Å². The molecule has 5 nitrogen and oxygen atoms in total. The van der Waals surface area contributed by atoms with Crippen LogP contribution in [0.2, 0.25) is 0 Å². The summed E-state index contributed by atoms with van der Waals surface area (Å²) in [7, 11) is 0. The maximum atomic E-state index is 12.2. The molecule has 0 aliphatic carbocycles. The molecular formula is C16H15N3O2S. The highest BCUT2D eigenvalue weighted by atomic mass is 32.1. The van der Waals surface area contributed by atoms with Gasteiger partial charge in [-0.3, -0.25) is 9.20 Å². The fourth-order valence-electron chi connectivity index (χ4n) is 2.65. The van der Waals surface area contributed by atoms with Gasteiger partial charge in [-0.1, -0.05) is 18.2 Å². The van der Waals surface area contributed by atoms with Crippen LogP contribution in [0.15, 0.2) is 35.8 Å². The molecular weight excluding hydrogens is 298 g/mol. The molecule has 1 amide bonds. The molecule has 0 bridgehead atoms. The minimum atomic E-state index is -0.442. The van der Waals surface area contributed by atoms with Crippen molar-refractivity contribution < 1.29 is 9.53 Å². The third-order valence-corrected chi connectivity index (χ3v) is 4.78. The van der Waals surface area contributed by atoms with E-state index in [2.05, 4.69) is 15.7 Å². The molecule has 3 aromatic rings. The first kappa shape index (κ1) is 13.3. The third-order valence-electron chi connectivity index (χ3n) is 3.82. The van der Waals surface area contributed by atoms with Crippen LogP contribution in [0.1, 0.15) is 17.0 Å². The fraction of sp³-hybridized carbons (Fsp3) is 0.250.